The second kappa shape index (κ2) is 7.79. The summed E-state index contributed by atoms with van der Waals surface area (Å²) in [5.74, 6) is -0.925. The van der Waals surface area contributed by atoms with Crippen LogP contribution in [0.25, 0.3) is 0 Å². The lowest BCUT2D eigenvalue weighted by Gasteiger charge is -2.25. The summed E-state index contributed by atoms with van der Waals surface area (Å²) in [6, 6.07) is 18.7. The van der Waals surface area contributed by atoms with Gasteiger partial charge in [-0.05, 0) is 47.9 Å². The smallest absolute Gasteiger partial charge is 0.339 e. The number of hydrogen-bond donors (Lipinski definition) is 1. The molecule has 7 nitrogen and oxygen atoms in total. The molecule has 150 valence electrons. The van der Waals surface area contributed by atoms with Crippen LogP contribution < -0.4 is 5.32 Å². The fraction of sp³-hybridized carbons (Fsp3) is 0.130. The number of hydrogen-bond acceptors (Lipinski definition) is 5. The van der Waals surface area contributed by atoms with Crippen molar-refractivity contribution in [3.63, 3.8) is 0 Å². The van der Waals surface area contributed by atoms with Crippen LogP contribution >= 0.6 is 0 Å². The molecule has 0 saturated heterocycles. The highest BCUT2D eigenvalue weighted by atomic mass is 16.6. The minimum atomic E-state index is -0.532. The van der Waals surface area contributed by atoms with Gasteiger partial charge in [-0.3, -0.25) is 14.9 Å². The zero-order valence-electron chi connectivity index (χ0n) is 16.1. The number of nitro groups is 1. The van der Waals surface area contributed by atoms with E-state index < -0.39 is 22.9 Å². The molecule has 0 saturated carbocycles. The second-order valence-electron chi connectivity index (χ2n) is 7.11. The van der Waals surface area contributed by atoms with Gasteiger partial charge in [0.2, 0.25) is 0 Å². The molecule has 0 aromatic heterocycles. The first-order valence-corrected chi connectivity index (χ1v) is 9.37. The number of benzene rings is 3. The Hall–Kier alpha value is -4.00. The SMILES string of the molecule is Cc1ccc(NC(=O)c2ccc3c(c2)C[C@H](c2ccccc2)OC3=O)c([N+](=O)[O-])c1. The first-order valence-electron chi connectivity index (χ1n) is 9.37. The van der Waals surface area contributed by atoms with Crippen molar-refractivity contribution in [3.8, 4) is 0 Å². The number of cyclic esters (lactones) is 1. The van der Waals surface area contributed by atoms with Crippen molar-refractivity contribution in [1.29, 1.82) is 0 Å². The molecule has 3 aromatic carbocycles. The Kier molecular flexibility index (Phi) is 5.02. The van der Waals surface area contributed by atoms with Crippen LogP contribution in [-0.4, -0.2) is 16.8 Å². The molecule has 30 heavy (non-hydrogen) atoms. The van der Waals surface area contributed by atoms with Crippen molar-refractivity contribution in [3.05, 3.63) is 105 Å². The molecule has 1 atom stereocenters. The number of amides is 1. The topological polar surface area (TPSA) is 98.5 Å². The summed E-state index contributed by atoms with van der Waals surface area (Å²) < 4.78 is 5.53. The average molecular weight is 402 g/mol. The van der Waals surface area contributed by atoms with Gasteiger partial charge in [-0.25, -0.2) is 4.79 Å². The van der Waals surface area contributed by atoms with Crippen molar-refractivity contribution in [2.24, 2.45) is 0 Å². The summed E-state index contributed by atoms with van der Waals surface area (Å²) in [5, 5.41) is 13.9. The highest BCUT2D eigenvalue weighted by molar-refractivity contribution is 6.06. The molecule has 1 amide bonds. The normalized spacial score (nSPS) is 15.1. The Morgan fingerprint density at radius 2 is 1.87 bits per heavy atom. The number of fused-ring (bicyclic) bond motifs is 1. The number of esters is 1. The number of rotatable bonds is 4. The number of nitro benzene ring substituents is 1. The standard InChI is InChI=1S/C23H18N2O5/c1-14-7-10-19(20(11-14)25(28)29)24-22(26)16-8-9-18-17(12-16)13-21(30-23(18)27)15-5-3-2-4-6-15/h2-12,21H,13H2,1H3,(H,24,26)/t21-/m1/s1. The van der Waals surface area contributed by atoms with Crippen molar-refractivity contribution >= 4 is 23.3 Å². The van der Waals surface area contributed by atoms with Crippen LogP contribution in [0.15, 0.2) is 66.7 Å². The van der Waals surface area contributed by atoms with E-state index in [1.54, 1.807) is 25.1 Å². The highest BCUT2D eigenvalue weighted by Crippen LogP contribution is 2.31. The van der Waals surface area contributed by atoms with Gasteiger partial charge < -0.3 is 10.1 Å². The quantitative estimate of drug-likeness (QED) is 0.390. The first kappa shape index (κ1) is 19.3. The van der Waals surface area contributed by atoms with Crippen molar-refractivity contribution in [1.82, 2.24) is 0 Å². The van der Waals surface area contributed by atoms with E-state index in [2.05, 4.69) is 5.32 Å². The molecule has 0 radical (unpaired) electrons. The van der Waals surface area contributed by atoms with Gasteiger partial charge in [0, 0.05) is 18.1 Å². The van der Waals surface area contributed by atoms with E-state index in [1.165, 1.54) is 18.2 Å². The molecule has 7 heteroatoms. The molecule has 1 aliphatic rings. The maximum absolute atomic E-state index is 12.7. The first-order chi connectivity index (χ1) is 14.4. The van der Waals surface area contributed by atoms with Crippen LogP contribution in [0.2, 0.25) is 0 Å². The fourth-order valence-electron chi connectivity index (χ4n) is 3.48. The van der Waals surface area contributed by atoms with Crippen LogP contribution in [0.3, 0.4) is 0 Å². The summed E-state index contributed by atoms with van der Waals surface area (Å²) in [6.45, 7) is 1.74. The maximum Gasteiger partial charge on any atom is 0.339 e. The van der Waals surface area contributed by atoms with Gasteiger partial charge >= 0.3 is 5.97 Å². The lowest BCUT2D eigenvalue weighted by atomic mass is 9.93. The molecule has 1 N–H and O–H groups in total. The van der Waals surface area contributed by atoms with E-state index in [9.17, 15) is 19.7 Å². The van der Waals surface area contributed by atoms with E-state index in [4.69, 9.17) is 4.74 Å². The zero-order valence-corrected chi connectivity index (χ0v) is 16.1. The summed E-state index contributed by atoms with van der Waals surface area (Å²) in [6.07, 6.45) is 0.0133. The predicted octanol–water partition coefficient (Wildman–Crippen LogP) is 4.61. The second-order valence-corrected chi connectivity index (χ2v) is 7.11. The molecule has 1 aliphatic heterocycles. The van der Waals surface area contributed by atoms with Gasteiger partial charge in [0.25, 0.3) is 11.6 Å². The molecule has 0 fully saturated rings. The van der Waals surface area contributed by atoms with Gasteiger partial charge in [-0.15, -0.1) is 0 Å². The van der Waals surface area contributed by atoms with E-state index in [0.717, 1.165) is 11.1 Å². The monoisotopic (exact) mass is 402 g/mol. The van der Waals surface area contributed by atoms with Crippen LogP contribution in [-0.2, 0) is 11.2 Å². The average Bonchev–Trinajstić information content (AvgIpc) is 2.75. The highest BCUT2D eigenvalue weighted by Gasteiger charge is 2.28. The fourth-order valence-corrected chi connectivity index (χ4v) is 3.48. The number of anilines is 1. The van der Waals surface area contributed by atoms with Crippen LogP contribution in [0.4, 0.5) is 11.4 Å². The van der Waals surface area contributed by atoms with Gasteiger partial charge in [-0.2, -0.15) is 0 Å². The van der Waals surface area contributed by atoms with Crippen LogP contribution in [0.1, 0.15) is 43.5 Å². The minimum absolute atomic E-state index is 0.120. The summed E-state index contributed by atoms with van der Waals surface area (Å²) in [4.78, 5) is 35.9. The van der Waals surface area contributed by atoms with Gasteiger partial charge in [0.1, 0.15) is 11.8 Å². The van der Waals surface area contributed by atoms with E-state index in [0.29, 0.717) is 23.1 Å². The number of carbonyl (C=O) groups is 2. The van der Waals surface area contributed by atoms with Gasteiger partial charge in [0.05, 0.1) is 10.5 Å². The molecular formula is C23H18N2O5. The Balaban J connectivity index is 1.61. The Morgan fingerprint density at radius 3 is 2.60 bits per heavy atom. The van der Waals surface area contributed by atoms with Crippen molar-refractivity contribution in [2.45, 2.75) is 19.4 Å². The summed E-state index contributed by atoms with van der Waals surface area (Å²) >= 11 is 0. The van der Waals surface area contributed by atoms with E-state index >= 15 is 0 Å². The van der Waals surface area contributed by atoms with Gasteiger partial charge in [-0.1, -0.05) is 36.4 Å². The Morgan fingerprint density at radius 1 is 1.10 bits per heavy atom. The predicted molar refractivity (Wildman–Crippen MR) is 111 cm³/mol. The number of nitrogens with one attached hydrogen (secondary N) is 1. The molecule has 4 rings (SSSR count). The lowest BCUT2D eigenvalue weighted by molar-refractivity contribution is -0.384. The van der Waals surface area contributed by atoms with Crippen LogP contribution in [0, 0.1) is 17.0 Å². The minimum Gasteiger partial charge on any atom is -0.454 e. The molecular weight excluding hydrogens is 384 g/mol. The van der Waals surface area contributed by atoms with Crippen molar-refractivity contribution < 1.29 is 19.2 Å². The van der Waals surface area contributed by atoms with E-state index in [-0.39, 0.29) is 11.4 Å². The largest absolute Gasteiger partial charge is 0.454 e. The molecule has 0 spiro atoms. The number of carbonyl (C=O) groups excluding carboxylic acids is 2. The van der Waals surface area contributed by atoms with Crippen molar-refractivity contribution in [2.75, 3.05) is 5.32 Å². The summed E-state index contributed by atoms with van der Waals surface area (Å²) in [5.41, 5.74) is 2.97. The Labute approximate surface area is 172 Å². The zero-order chi connectivity index (χ0) is 21.3. The third-order valence-corrected chi connectivity index (χ3v) is 5.01. The third kappa shape index (κ3) is 3.77. The molecule has 1 heterocycles. The van der Waals surface area contributed by atoms with Gasteiger partial charge in [0.15, 0.2) is 0 Å². The number of nitrogens with zero attached hydrogens (tertiary/aromatic N) is 1. The molecule has 0 bridgehead atoms. The maximum atomic E-state index is 12.7. The lowest BCUT2D eigenvalue weighted by Crippen LogP contribution is -2.23. The number of aryl methyl sites for hydroxylation is 1. The molecule has 0 aliphatic carbocycles. The molecule has 3 aromatic rings. The van der Waals surface area contributed by atoms with E-state index in [1.807, 2.05) is 30.3 Å². The number of ether oxygens (including phenoxy) is 1. The van der Waals surface area contributed by atoms with Crippen LogP contribution in [0.5, 0.6) is 0 Å². The Bertz CT molecular complexity index is 1160. The molecule has 0 unspecified atom stereocenters. The summed E-state index contributed by atoms with van der Waals surface area (Å²) in [7, 11) is 0. The third-order valence-electron chi connectivity index (χ3n) is 5.01.